The van der Waals surface area contributed by atoms with Gasteiger partial charge < -0.3 is 11.6 Å². The van der Waals surface area contributed by atoms with Crippen LogP contribution >= 0.6 is 0 Å². The molecule has 19 heavy (non-hydrogen) atoms. The molecule has 0 aliphatic carbocycles. The number of nitriles is 1. The summed E-state index contributed by atoms with van der Waals surface area (Å²) in [5.74, 6) is 5.36. The van der Waals surface area contributed by atoms with Gasteiger partial charge in [-0.05, 0) is 12.1 Å². The Balaban J connectivity index is 2.50. The first kappa shape index (κ1) is 12.8. The standard InChI is InChI=1S/C11H8F3N5/c12-11(13,14)7-3-1-6(2-4-7)9-8(5-15)10(16)19(17)18-9/h1-4H,16-17H2. The van der Waals surface area contributed by atoms with E-state index in [4.69, 9.17) is 16.8 Å². The third-order valence-corrected chi connectivity index (χ3v) is 2.54. The Kier molecular flexibility index (Phi) is 2.82. The molecule has 0 bridgehead atoms. The van der Waals surface area contributed by atoms with E-state index in [1.165, 1.54) is 12.1 Å². The molecule has 1 aromatic heterocycles. The van der Waals surface area contributed by atoms with Gasteiger partial charge in [-0.2, -0.15) is 23.2 Å². The molecule has 0 saturated carbocycles. The number of anilines is 1. The van der Waals surface area contributed by atoms with Crippen molar-refractivity contribution in [2.45, 2.75) is 6.18 Å². The van der Waals surface area contributed by atoms with Gasteiger partial charge in [-0.15, -0.1) is 5.10 Å². The van der Waals surface area contributed by atoms with E-state index in [0.29, 0.717) is 5.56 Å². The molecule has 0 radical (unpaired) electrons. The normalized spacial score (nSPS) is 11.3. The van der Waals surface area contributed by atoms with Gasteiger partial charge in [0.15, 0.2) is 5.82 Å². The van der Waals surface area contributed by atoms with Crippen LogP contribution in [0.15, 0.2) is 24.3 Å². The summed E-state index contributed by atoms with van der Waals surface area (Å²) in [5, 5.41) is 12.7. The van der Waals surface area contributed by atoms with Crippen molar-refractivity contribution in [3.8, 4) is 17.3 Å². The van der Waals surface area contributed by atoms with E-state index >= 15 is 0 Å². The lowest BCUT2D eigenvalue weighted by Gasteiger charge is -2.06. The summed E-state index contributed by atoms with van der Waals surface area (Å²) < 4.78 is 37.3. The molecule has 2 aromatic rings. The maximum Gasteiger partial charge on any atom is 0.416 e. The second-order valence-corrected chi connectivity index (χ2v) is 3.74. The number of nitrogens with two attached hydrogens (primary N) is 2. The van der Waals surface area contributed by atoms with Crippen LogP contribution in [0.1, 0.15) is 11.1 Å². The van der Waals surface area contributed by atoms with Gasteiger partial charge in [0.2, 0.25) is 0 Å². The van der Waals surface area contributed by atoms with Crippen molar-refractivity contribution in [3.05, 3.63) is 35.4 Å². The van der Waals surface area contributed by atoms with Crippen LogP contribution in [0.2, 0.25) is 0 Å². The van der Waals surface area contributed by atoms with Crippen LogP contribution in [0.25, 0.3) is 11.3 Å². The fraction of sp³-hybridized carbons (Fsp3) is 0.0909. The Morgan fingerprint density at radius 1 is 1.21 bits per heavy atom. The highest BCUT2D eigenvalue weighted by Gasteiger charge is 2.30. The first-order chi connectivity index (χ1) is 8.84. The van der Waals surface area contributed by atoms with Gasteiger partial charge in [0.05, 0.1) is 5.56 Å². The van der Waals surface area contributed by atoms with Crippen molar-refractivity contribution in [1.29, 1.82) is 5.26 Å². The zero-order valence-corrected chi connectivity index (χ0v) is 9.44. The quantitative estimate of drug-likeness (QED) is 0.769. The number of benzene rings is 1. The molecule has 5 nitrogen and oxygen atoms in total. The number of hydrogen-bond donors (Lipinski definition) is 2. The SMILES string of the molecule is N#Cc1c(-c2ccc(C(F)(F)F)cc2)nn(N)c1N. The van der Waals surface area contributed by atoms with Crippen molar-refractivity contribution in [3.63, 3.8) is 0 Å². The predicted octanol–water partition coefficient (Wildman–Crippen LogP) is 1.74. The highest BCUT2D eigenvalue weighted by molar-refractivity contribution is 5.72. The first-order valence-electron chi connectivity index (χ1n) is 5.06. The van der Waals surface area contributed by atoms with E-state index in [1.807, 2.05) is 6.07 Å². The molecule has 0 unspecified atom stereocenters. The molecule has 1 heterocycles. The minimum absolute atomic E-state index is 0.0299. The van der Waals surface area contributed by atoms with Crippen molar-refractivity contribution in [1.82, 2.24) is 9.89 Å². The van der Waals surface area contributed by atoms with Crippen LogP contribution in [0.5, 0.6) is 0 Å². The lowest BCUT2D eigenvalue weighted by Crippen LogP contribution is -2.13. The fourth-order valence-corrected chi connectivity index (χ4v) is 1.58. The fourth-order valence-electron chi connectivity index (χ4n) is 1.58. The van der Waals surface area contributed by atoms with Gasteiger partial charge >= 0.3 is 6.18 Å². The van der Waals surface area contributed by atoms with Crippen LogP contribution in [0, 0.1) is 11.3 Å². The molecule has 0 fully saturated rings. The molecule has 0 amide bonds. The van der Waals surface area contributed by atoms with Gasteiger partial charge in [-0.3, -0.25) is 0 Å². The topological polar surface area (TPSA) is 93.6 Å². The summed E-state index contributed by atoms with van der Waals surface area (Å²) in [6.45, 7) is 0. The van der Waals surface area contributed by atoms with Gasteiger partial charge in [0.25, 0.3) is 0 Å². The van der Waals surface area contributed by atoms with Crippen LogP contribution < -0.4 is 11.6 Å². The average Bonchev–Trinajstić information content (AvgIpc) is 2.64. The summed E-state index contributed by atoms with van der Waals surface area (Å²) in [6, 6.07) is 6.05. The zero-order chi connectivity index (χ0) is 14.2. The third-order valence-electron chi connectivity index (χ3n) is 2.54. The predicted molar refractivity (Wildman–Crippen MR) is 61.9 cm³/mol. The first-order valence-corrected chi connectivity index (χ1v) is 5.06. The lowest BCUT2D eigenvalue weighted by molar-refractivity contribution is -0.137. The molecular weight excluding hydrogens is 259 g/mol. The molecule has 1 aromatic carbocycles. The number of nitrogens with zero attached hydrogens (tertiary/aromatic N) is 3. The van der Waals surface area contributed by atoms with Gasteiger partial charge in [-0.25, -0.2) is 0 Å². The Bertz CT molecular complexity index is 649. The highest BCUT2D eigenvalue weighted by Crippen LogP contribution is 2.32. The molecule has 0 spiro atoms. The summed E-state index contributed by atoms with van der Waals surface area (Å²) in [4.78, 5) is 0.811. The molecule has 0 aliphatic rings. The molecular formula is C11H8F3N5. The van der Waals surface area contributed by atoms with Gasteiger partial charge in [0, 0.05) is 5.56 Å². The molecule has 4 N–H and O–H groups in total. The maximum absolute atomic E-state index is 12.4. The number of alkyl halides is 3. The number of rotatable bonds is 1. The largest absolute Gasteiger partial charge is 0.416 e. The lowest BCUT2D eigenvalue weighted by atomic mass is 10.1. The molecule has 0 saturated heterocycles. The van der Waals surface area contributed by atoms with Crippen LogP contribution in [0.4, 0.5) is 19.0 Å². The van der Waals surface area contributed by atoms with Crippen LogP contribution in [0.3, 0.4) is 0 Å². The van der Waals surface area contributed by atoms with E-state index in [-0.39, 0.29) is 17.1 Å². The Morgan fingerprint density at radius 2 is 1.79 bits per heavy atom. The minimum atomic E-state index is -4.41. The van der Waals surface area contributed by atoms with Gasteiger partial charge in [0.1, 0.15) is 17.3 Å². The van der Waals surface area contributed by atoms with E-state index in [0.717, 1.165) is 16.9 Å². The minimum Gasteiger partial charge on any atom is -0.381 e. The molecule has 0 atom stereocenters. The van der Waals surface area contributed by atoms with Crippen molar-refractivity contribution >= 4 is 5.82 Å². The zero-order valence-electron chi connectivity index (χ0n) is 9.44. The molecule has 8 heteroatoms. The number of nitrogen functional groups attached to an aromatic ring is 2. The number of hydrogen-bond acceptors (Lipinski definition) is 4. The van der Waals surface area contributed by atoms with Crippen molar-refractivity contribution in [2.24, 2.45) is 0 Å². The molecule has 2 rings (SSSR count). The number of aromatic nitrogens is 2. The van der Waals surface area contributed by atoms with E-state index in [9.17, 15) is 13.2 Å². The van der Waals surface area contributed by atoms with E-state index in [2.05, 4.69) is 5.10 Å². The Labute approximate surface area is 105 Å². The van der Waals surface area contributed by atoms with Crippen molar-refractivity contribution in [2.75, 3.05) is 11.6 Å². The highest BCUT2D eigenvalue weighted by atomic mass is 19.4. The smallest absolute Gasteiger partial charge is 0.381 e. The summed E-state index contributed by atoms with van der Waals surface area (Å²) in [7, 11) is 0. The number of halogens is 3. The molecule has 0 aliphatic heterocycles. The van der Waals surface area contributed by atoms with E-state index < -0.39 is 11.7 Å². The Morgan fingerprint density at radius 3 is 2.26 bits per heavy atom. The van der Waals surface area contributed by atoms with Crippen LogP contribution in [-0.4, -0.2) is 9.89 Å². The maximum atomic E-state index is 12.4. The van der Waals surface area contributed by atoms with E-state index in [1.54, 1.807) is 0 Å². The summed E-state index contributed by atoms with van der Waals surface area (Å²) in [5.41, 5.74) is 5.25. The van der Waals surface area contributed by atoms with Crippen LogP contribution in [-0.2, 0) is 6.18 Å². The van der Waals surface area contributed by atoms with Gasteiger partial charge in [-0.1, -0.05) is 12.1 Å². The second-order valence-electron chi connectivity index (χ2n) is 3.74. The monoisotopic (exact) mass is 267 g/mol. The average molecular weight is 267 g/mol. The Hall–Kier alpha value is -2.69. The van der Waals surface area contributed by atoms with Crippen molar-refractivity contribution < 1.29 is 13.2 Å². The second kappa shape index (κ2) is 4.20. The molecule has 98 valence electrons. The summed E-state index contributed by atoms with van der Waals surface area (Å²) >= 11 is 0. The third kappa shape index (κ3) is 2.18. The summed E-state index contributed by atoms with van der Waals surface area (Å²) in [6.07, 6.45) is -4.41.